The van der Waals surface area contributed by atoms with Gasteiger partial charge in [0.25, 0.3) is 0 Å². The van der Waals surface area contributed by atoms with Crippen LogP contribution in [0.2, 0.25) is 0 Å². The van der Waals surface area contributed by atoms with Crippen LogP contribution < -0.4 is 20.5 Å². The molecule has 200 valence electrons. The van der Waals surface area contributed by atoms with Gasteiger partial charge >= 0.3 is 5.97 Å². The highest BCUT2D eigenvalue weighted by Gasteiger charge is 2.29. The molecule has 0 aromatic heterocycles. The lowest BCUT2D eigenvalue weighted by molar-refractivity contribution is -0.136. The van der Waals surface area contributed by atoms with Crippen LogP contribution in [0.5, 0.6) is 11.5 Å². The molecule has 0 aliphatic carbocycles. The Morgan fingerprint density at radius 1 is 1.18 bits per heavy atom. The lowest BCUT2D eigenvalue weighted by Gasteiger charge is -2.30. The van der Waals surface area contributed by atoms with E-state index in [2.05, 4.69) is 5.32 Å². The van der Waals surface area contributed by atoms with Crippen LogP contribution in [0.15, 0.2) is 54.6 Å². The van der Waals surface area contributed by atoms with Gasteiger partial charge in [0.05, 0.1) is 24.8 Å². The van der Waals surface area contributed by atoms with Crippen LogP contribution >= 0.6 is 0 Å². The van der Waals surface area contributed by atoms with Crippen molar-refractivity contribution in [3.63, 3.8) is 0 Å². The first kappa shape index (κ1) is 26.0. The van der Waals surface area contributed by atoms with E-state index in [0.29, 0.717) is 53.3 Å². The van der Waals surface area contributed by atoms with Gasteiger partial charge in [0.1, 0.15) is 23.4 Å². The molecule has 1 saturated heterocycles. The number of anilines is 1. The Labute approximate surface area is 221 Å². The largest absolute Gasteiger partial charge is 0.491 e. The van der Waals surface area contributed by atoms with Crippen molar-refractivity contribution in [3.05, 3.63) is 77.1 Å². The van der Waals surface area contributed by atoms with E-state index in [1.54, 1.807) is 37.3 Å². The number of ether oxygens (including phenoxy) is 3. The van der Waals surface area contributed by atoms with Crippen LogP contribution in [-0.2, 0) is 16.0 Å². The lowest BCUT2D eigenvalue weighted by Crippen LogP contribution is -2.23. The molecule has 4 N–H and O–H groups in total. The molecule has 7 nitrogen and oxygen atoms in total. The van der Waals surface area contributed by atoms with E-state index in [4.69, 9.17) is 19.9 Å². The van der Waals surface area contributed by atoms with E-state index >= 15 is 4.39 Å². The van der Waals surface area contributed by atoms with Crippen molar-refractivity contribution in [2.24, 2.45) is 5.73 Å². The normalized spacial score (nSPS) is 19.3. The number of fused-ring (bicyclic) bond motifs is 1. The van der Waals surface area contributed by atoms with E-state index in [9.17, 15) is 9.90 Å². The smallest absolute Gasteiger partial charge is 0.307 e. The Bertz CT molecular complexity index is 1310. The number of halogens is 1. The maximum Gasteiger partial charge on any atom is 0.307 e. The molecule has 0 spiro atoms. The molecule has 5 rings (SSSR count). The summed E-state index contributed by atoms with van der Waals surface area (Å²) < 4.78 is 33.9. The van der Waals surface area contributed by atoms with Gasteiger partial charge in [-0.15, -0.1) is 0 Å². The van der Waals surface area contributed by atoms with Crippen molar-refractivity contribution in [2.75, 3.05) is 25.1 Å². The van der Waals surface area contributed by atoms with E-state index in [0.717, 1.165) is 30.7 Å². The summed E-state index contributed by atoms with van der Waals surface area (Å²) in [5.74, 6) is -0.117. The lowest BCUT2D eigenvalue weighted by atomic mass is 9.93. The van der Waals surface area contributed by atoms with Crippen molar-refractivity contribution < 1.29 is 28.5 Å². The fourth-order valence-electron chi connectivity index (χ4n) is 5.12. The standard InChI is InChI=1S/C30H33FN2O5/c1-18(32)22-8-4-9-23(29(22)31)20-14-24-27(38-26-10-3-2-6-19(26)16-28(34)35)11-13-37-30(24)25(15-20)33-17-21-7-5-12-36-21/h2-4,6,8-10,14-15,18,21,27,33H,5,7,11-13,16-17,32H2,1H3,(H,34,35)/t18-,21-,27?/m1/s1. The van der Waals surface area contributed by atoms with Gasteiger partial charge in [-0.2, -0.15) is 0 Å². The highest BCUT2D eigenvalue weighted by molar-refractivity contribution is 5.76. The minimum atomic E-state index is -0.930. The summed E-state index contributed by atoms with van der Waals surface area (Å²) in [6.45, 7) is 3.55. The Morgan fingerprint density at radius 2 is 2.03 bits per heavy atom. The quantitative estimate of drug-likeness (QED) is 0.336. The molecule has 1 fully saturated rings. The predicted molar refractivity (Wildman–Crippen MR) is 143 cm³/mol. The molecule has 38 heavy (non-hydrogen) atoms. The molecule has 3 aromatic rings. The molecular weight excluding hydrogens is 487 g/mol. The minimum absolute atomic E-state index is 0.103. The number of carboxylic acid groups (broad SMARTS) is 1. The summed E-state index contributed by atoms with van der Waals surface area (Å²) in [5, 5.41) is 12.8. The molecule has 2 heterocycles. The number of nitrogens with one attached hydrogen (secondary N) is 1. The van der Waals surface area contributed by atoms with Crippen LogP contribution in [0.4, 0.5) is 10.1 Å². The fraction of sp³-hybridized carbons (Fsp3) is 0.367. The number of aliphatic carboxylic acids is 1. The highest BCUT2D eigenvalue weighted by Crippen LogP contribution is 2.44. The van der Waals surface area contributed by atoms with Crippen molar-refractivity contribution in [1.29, 1.82) is 0 Å². The number of hydrogen-bond donors (Lipinski definition) is 3. The van der Waals surface area contributed by atoms with Gasteiger partial charge in [0, 0.05) is 47.9 Å². The molecule has 8 heteroatoms. The van der Waals surface area contributed by atoms with Gasteiger partial charge in [-0.3, -0.25) is 4.79 Å². The van der Waals surface area contributed by atoms with Gasteiger partial charge in [-0.1, -0.05) is 36.4 Å². The molecular formula is C30H33FN2O5. The number of para-hydroxylation sites is 1. The minimum Gasteiger partial charge on any atom is -0.491 e. The Kier molecular flexibility index (Phi) is 7.81. The van der Waals surface area contributed by atoms with Crippen LogP contribution in [0.1, 0.15) is 55.0 Å². The molecule has 0 saturated carbocycles. The summed E-state index contributed by atoms with van der Waals surface area (Å²) in [6, 6.07) is 15.8. The molecule has 1 unspecified atom stereocenters. The van der Waals surface area contributed by atoms with E-state index in [1.165, 1.54) is 0 Å². The molecule has 2 aliphatic heterocycles. The predicted octanol–water partition coefficient (Wildman–Crippen LogP) is 5.63. The second kappa shape index (κ2) is 11.4. The zero-order valence-corrected chi connectivity index (χ0v) is 21.4. The summed E-state index contributed by atoms with van der Waals surface area (Å²) in [7, 11) is 0. The number of nitrogens with two attached hydrogens (primary N) is 1. The average Bonchev–Trinajstić information content (AvgIpc) is 3.42. The van der Waals surface area contributed by atoms with Crippen molar-refractivity contribution in [2.45, 2.75) is 50.9 Å². The maximum atomic E-state index is 15.6. The van der Waals surface area contributed by atoms with Gasteiger partial charge in [-0.05, 0) is 43.5 Å². The van der Waals surface area contributed by atoms with Crippen LogP contribution in [0.3, 0.4) is 0 Å². The third kappa shape index (κ3) is 5.61. The molecule has 0 bridgehead atoms. The summed E-state index contributed by atoms with van der Waals surface area (Å²) in [6.07, 6.45) is 2.12. The van der Waals surface area contributed by atoms with Gasteiger partial charge in [0.2, 0.25) is 0 Å². The summed E-state index contributed by atoms with van der Waals surface area (Å²) in [4.78, 5) is 11.4. The van der Waals surface area contributed by atoms with E-state index in [-0.39, 0.29) is 18.3 Å². The van der Waals surface area contributed by atoms with E-state index < -0.39 is 18.1 Å². The fourth-order valence-corrected chi connectivity index (χ4v) is 5.12. The molecule has 0 radical (unpaired) electrons. The van der Waals surface area contributed by atoms with Crippen LogP contribution in [0.25, 0.3) is 11.1 Å². The average molecular weight is 521 g/mol. The Morgan fingerprint density at radius 3 is 2.79 bits per heavy atom. The number of carboxylic acids is 1. The zero-order valence-electron chi connectivity index (χ0n) is 21.4. The second-order valence-electron chi connectivity index (χ2n) is 9.88. The third-order valence-electron chi connectivity index (χ3n) is 7.05. The van der Waals surface area contributed by atoms with Crippen LogP contribution in [0, 0.1) is 5.82 Å². The van der Waals surface area contributed by atoms with Gasteiger partial charge in [0.15, 0.2) is 0 Å². The van der Waals surface area contributed by atoms with Gasteiger partial charge in [-0.25, -0.2) is 4.39 Å². The van der Waals surface area contributed by atoms with Crippen LogP contribution in [-0.4, -0.2) is 36.9 Å². The zero-order chi connectivity index (χ0) is 26.6. The number of hydrogen-bond acceptors (Lipinski definition) is 6. The first-order valence-corrected chi connectivity index (χ1v) is 13.1. The first-order valence-electron chi connectivity index (χ1n) is 13.1. The Balaban J connectivity index is 1.56. The summed E-state index contributed by atoms with van der Waals surface area (Å²) >= 11 is 0. The topological polar surface area (TPSA) is 103 Å². The Hall–Kier alpha value is -3.62. The number of rotatable bonds is 9. The molecule has 0 amide bonds. The van der Waals surface area contributed by atoms with Gasteiger partial charge < -0.3 is 30.4 Å². The monoisotopic (exact) mass is 520 g/mol. The SMILES string of the molecule is C[C@@H](N)c1cccc(-c2cc(NC[C@H]3CCCO3)c3c(c2)C(Oc2ccccc2CC(=O)O)CCO3)c1F. The summed E-state index contributed by atoms with van der Waals surface area (Å²) in [5.41, 5.74) is 9.71. The van der Waals surface area contributed by atoms with Crippen molar-refractivity contribution in [3.8, 4) is 22.6 Å². The molecule has 3 atom stereocenters. The van der Waals surface area contributed by atoms with E-state index in [1.807, 2.05) is 24.3 Å². The number of carbonyl (C=O) groups is 1. The number of benzene rings is 3. The van der Waals surface area contributed by atoms with Crippen molar-refractivity contribution in [1.82, 2.24) is 0 Å². The highest BCUT2D eigenvalue weighted by atomic mass is 19.1. The maximum absolute atomic E-state index is 15.6. The molecule has 3 aromatic carbocycles. The third-order valence-corrected chi connectivity index (χ3v) is 7.05. The van der Waals surface area contributed by atoms with Crippen molar-refractivity contribution >= 4 is 11.7 Å². The second-order valence-corrected chi connectivity index (χ2v) is 9.88. The first-order chi connectivity index (χ1) is 18.4. The molecule has 2 aliphatic rings.